The van der Waals surface area contributed by atoms with Crippen molar-refractivity contribution < 1.29 is 33.9 Å². The lowest BCUT2D eigenvalue weighted by Crippen LogP contribution is -2.42. The van der Waals surface area contributed by atoms with Crippen LogP contribution >= 0.6 is 0 Å². The molecule has 3 aromatic carbocycles. The standard InChI is InChI=1S/C40H56N2O7/c43-28-37(32-14-6-2-7-15-32)41-34(18-20-39-45-22-10-23-46-39)26-36(49-30-31-12-4-1-5-13-31)27-35(19-21-40-47-24-11-25-48-40)42-38(29-44)33-16-8-3-9-17-33/h1-9,12-17,34-44H,10-11,18-30H2/t34-,35-,37-,38-/m0/s1. The predicted molar refractivity (Wildman–Crippen MR) is 190 cm³/mol. The van der Waals surface area contributed by atoms with E-state index in [4.69, 9.17) is 23.7 Å². The van der Waals surface area contributed by atoms with E-state index >= 15 is 0 Å². The number of hydrogen-bond donors (Lipinski definition) is 4. The molecule has 0 radical (unpaired) electrons. The first-order chi connectivity index (χ1) is 24.2. The van der Waals surface area contributed by atoms with E-state index in [0.717, 1.165) is 55.2 Å². The molecule has 0 amide bonds. The number of hydrogen-bond acceptors (Lipinski definition) is 9. The monoisotopic (exact) mass is 676 g/mol. The largest absolute Gasteiger partial charge is 0.394 e. The normalized spacial score (nSPS) is 18.7. The van der Waals surface area contributed by atoms with Crippen LogP contribution in [0.25, 0.3) is 0 Å². The number of rotatable bonds is 21. The highest BCUT2D eigenvalue weighted by Crippen LogP contribution is 2.25. The van der Waals surface area contributed by atoms with Crippen molar-refractivity contribution in [2.24, 2.45) is 0 Å². The lowest BCUT2D eigenvalue weighted by Gasteiger charge is -2.33. The summed E-state index contributed by atoms with van der Waals surface area (Å²) in [5.74, 6) is 0. The summed E-state index contributed by atoms with van der Waals surface area (Å²) in [5, 5.41) is 28.6. The molecule has 0 unspecified atom stereocenters. The fraction of sp³-hybridized carbons (Fsp3) is 0.550. The molecule has 9 nitrogen and oxygen atoms in total. The molecule has 2 aliphatic rings. The van der Waals surface area contributed by atoms with Gasteiger partial charge in [-0.15, -0.1) is 0 Å². The second-order valence-electron chi connectivity index (χ2n) is 13.1. The van der Waals surface area contributed by atoms with E-state index < -0.39 is 0 Å². The fourth-order valence-electron chi connectivity index (χ4n) is 6.72. The minimum atomic E-state index is -0.230. The predicted octanol–water partition coefficient (Wildman–Crippen LogP) is 5.82. The van der Waals surface area contributed by atoms with E-state index in [1.165, 1.54) is 0 Å². The Morgan fingerprint density at radius 2 is 1.00 bits per heavy atom. The second-order valence-corrected chi connectivity index (χ2v) is 13.1. The number of ether oxygens (including phenoxy) is 5. The molecule has 2 saturated heterocycles. The molecule has 2 fully saturated rings. The molecular weight excluding hydrogens is 620 g/mol. The first-order valence-electron chi connectivity index (χ1n) is 18.2. The van der Waals surface area contributed by atoms with Crippen molar-refractivity contribution in [1.82, 2.24) is 10.6 Å². The zero-order valence-electron chi connectivity index (χ0n) is 28.7. The smallest absolute Gasteiger partial charge is 0.157 e. The van der Waals surface area contributed by atoms with Crippen LogP contribution in [0.2, 0.25) is 0 Å². The highest BCUT2D eigenvalue weighted by Gasteiger charge is 2.28. The van der Waals surface area contributed by atoms with Gasteiger partial charge >= 0.3 is 0 Å². The Hall–Kier alpha value is -2.70. The summed E-state index contributed by atoms with van der Waals surface area (Å²) in [6, 6.07) is 30.1. The summed E-state index contributed by atoms with van der Waals surface area (Å²) >= 11 is 0. The number of aliphatic hydroxyl groups excluding tert-OH is 2. The SMILES string of the molecule is OC[C@H](N[C@@H](CCC1OCCCO1)CC(C[C@H](CCC1OCCCO1)N[C@@H](CO)c1ccccc1)OCc1ccccc1)c1ccccc1. The molecule has 268 valence electrons. The summed E-state index contributed by atoms with van der Waals surface area (Å²) in [5.41, 5.74) is 3.20. The Balaban J connectivity index is 1.36. The first kappa shape index (κ1) is 37.6. The van der Waals surface area contributed by atoms with E-state index in [9.17, 15) is 10.2 Å². The van der Waals surface area contributed by atoms with E-state index in [1.807, 2.05) is 54.6 Å². The van der Waals surface area contributed by atoms with E-state index in [1.54, 1.807) is 0 Å². The molecule has 4 atom stereocenters. The molecule has 0 saturated carbocycles. The van der Waals surface area contributed by atoms with Gasteiger partial charge in [-0.3, -0.25) is 0 Å². The maximum Gasteiger partial charge on any atom is 0.157 e. The van der Waals surface area contributed by atoms with Gasteiger partial charge in [0.05, 0.1) is 64.4 Å². The third-order valence-corrected chi connectivity index (χ3v) is 9.36. The molecular formula is C40H56N2O7. The van der Waals surface area contributed by atoms with Crippen LogP contribution < -0.4 is 10.6 Å². The highest BCUT2D eigenvalue weighted by molar-refractivity contribution is 5.20. The number of nitrogens with one attached hydrogen (secondary N) is 2. The Labute approximate surface area is 292 Å². The van der Waals surface area contributed by atoms with Crippen LogP contribution in [0.15, 0.2) is 91.0 Å². The van der Waals surface area contributed by atoms with Crippen LogP contribution in [0, 0.1) is 0 Å². The quantitative estimate of drug-likeness (QED) is 0.111. The Morgan fingerprint density at radius 1 is 0.592 bits per heavy atom. The van der Waals surface area contributed by atoms with E-state index in [0.29, 0.717) is 45.9 Å². The van der Waals surface area contributed by atoms with Gasteiger partial charge in [0.25, 0.3) is 0 Å². The van der Waals surface area contributed by atoms with Crippen LogP contribution in [0.1, 0.15) is 80.1 Å². The van der Waals surface area contributed by atoms with Gasteiger partial charge in [0, 0.05) is 12.1 Å². The lowest BCUT2D eigenvalue weighted by atomic mass is 9.94. The van der Waals surface area contributed by atoms with Crippen LogP contribution in [0.5, 0.6) is 0 Å². The van der Waals surface area contributed by atoms with Gasteiger partial charge in [-0.05, 0) is 68.1 Å². The summed E-state index contributed by atoms with van der Waals surface area (Å²) in [4.78, 5) is 0. The van der Waals surface area contributed by atoms with Crippen molar-refractivity contribution in [2.45, 2.75) is 101 Å². The second kappa shape index (κ2) is 21.5. The van der Waals surface area contributed by atoms with Crippen molar-refractivity contribution in [3.63, 3.8) is 0 Å². The Morgan fingerprint density at radius 3 is 1.41 bits per heavy atom. The van der Waals surface area contributed by atoms with Gasteiger partial charge in [0.1, 0.15) is 0 Å². The summed E-state index contributed by atoms with van der Waals surface area (Å²) in [7, 11) is 0. The molecule has 0 bridgehead atoms. The fourth-order valence-corrected chi connectivity index (χ4v) is 6.72. The van der Waals surface area contributed by atoms with Crippen molar-refractivity contribution in [1.29, 1.82) is 0 Å². The Bertz CT molecular complexity index is 1180. The molecule has 49 heavy (non-hydrogen) atoms. The first-order valence-corrected chi connectivity index (χ1v) is 18.2. The molecule has 0 spiro atoms. The molecule has 4 N–H and O–H groups in total. The van der Waals surface area contributed by atoms with E-state index in [2.05, 4.69) is 47.0 Å². The molecule has 9 heteroatoms. The maximum atomic E-state index is 10.5. The highest BCUT2D eigenvalue weighted by atomic mass is 16.7. The molecule has 2 heterocycles. The van der Waals surface area contributed by atoms with Gasteiger partial charge in [-0.25, -0.2) is 0 Å². The van der Waals surface area contributed by atoms with E-state index in [-0.39, 0.29) is 56.1 Å². The van der Waals surface area contributed by atoms with Crippen LogP contribution in [0.3, 0.4) is 0 Å². The van der Waals surface area contributed by atoms with Gasteiger partial charge < -0.3 is 44.5 Å². The topological polar surface area (TPSA) is 111 Å². The molecule has 5 rings (SSSR count). The van der Waals surface area contributed by atoms with Crippen molar-refractivity contribution in [3.8, 4) is 0 Å². The Kier molecular flexibility index (Phi) is 16.5. The van der Waals surface area contributed by atoms with Gasteiger partial charge in [0.2, 0.25) is 0 Å². The van der Waals surface area contributed by atoms with Gasteiger partial charge in [-0.2, -0.15) is 0 Å². The molecule has 2 aliphatic heterocycles. The maximum absolute atomic E-state index is 10.5. The average molecular weight is 677 g/mol. The zero-order chi connectivity index (χ0) is 33.9. The van der Waals surface area contributed by atoms with Crippen LogP contribution in [0.4, 0.5) is 0 Å². The number of aliphatic hydroxyl groups is 2. The van der Waals surface area contributed by atoms with Crippen molar-refractivity contribution in [3.05, 3.63) is 108 Å². The van der Waals surface area contributed by atoms with Gasteiger partial charge in [0.15, 0.2) is 12.6 Å². The summed E-state index contributed by atoms with van der Waals surface area (Å²) < 4.78 is 30.5. The third kappa shape index (κ3) is 13.2. The van der Waals surface area contributed by atoms with Crippen molar-refractivity contribution in [2.75, 3.05) is 39.6 Å². The molecule has 3 aromatic rings. The minimum Gasteiger partial charge on any atom is -0.394 e. The minimum absolute atomic E-state index is 0.0145. The summed E-state index contributed by atoms with van der Waals surface area (Å²) in [6.45, 7) is 3.29. The summed E-state index contributed by atoms with van der Waals surface area (Å²) in [6.07, 6.45) is 5.74. The third-order valence-electron chi connectivity index (χ3n) is 9.36. The van der Waals surface area contributed by atoms with Crippen molar-refractivity contribution >= 4 is 0 Å². The van der Waals surface area contributed by atoms with Crippen LogP contribution in [-0.2, 0) is 30.3 Å². The zero-order valence-corrected chi connectivity index (χ0v) is 28.7. The lowest BCUT2D eigenvalue weighted by molar-refractivity contribution is -0.182. The average Bonchev–Trinajstić information content (AvgIpc) is 3.17. The van der Waals surface area contributed by atoms with Gasteiger partial charge in [-0.1, -0.05) is 91.0 Å². The van der Waals surface area contributed by atoms with Crippen LogP contribution in [-0.4, -0.2) is 80.6 Å². The molecule has 0 aliphatic carbocycles. The number of benzene rings is 3. The molecule has 0 aromatic heterocycles.